The van der Waals surface area contributed by atoms with E-state index < -0.39 is 5.97 Å². The van der Waals surface area contributed by atoms with Crippen LogP contribution in [0.2, 0.25) is 5.02 Å². The van der Waals surface area contributed by atoms with Gasteiger partial charge in [-0.05, 0) is 29.3 Å². The molecule has 17 heavy (non-hydrogen) atoms. The summed E-state index contributed by atoms with van der Waals surface area (Å²) in [4.78, 5) is 10.7. The van der Waals surface area contributed by atoms with Crippen LogP contribution in [0.25, 0.3) is 11.1 Å². The molecule has 4 heteroatoms. The van der Waals surface area contributed by atoms with Crippen LogP contribution in [-0.4, -0.2) is 5.97 Å². The van der Waals surface area contributed by atoms with Gasteiger partial charge in [-0.3, -0.25) is 0 Å². The molecule has 0 atom stereocenters. The second-order valence-electron chi connectivity index (χ2n) is 3.49. The lowest BCUT2D eigenvalue weighted by molar-refractivity contribution is -0.255. The molecular formula is C13H7ClFO2-. The Labute approximate surface area is 102 Å². The summed E-state index contributed by atoms with van der Waals surface area (Å²) in [5, 5.41) is 10.8. The zero-order chi connectivity index (χ0) is 12.4. The molecular weight excluding hydrogens is 243 g/mol. The molecule has 0 bridgehead atoms. The van der Waals surface area contributed by atoms with Crippen molar-refractivity contribution in [2.24, 2.45) is 0 Å². The summed E-state index contributed by atoms with van der Waals surface area (Å²) in [6.45, 7) is 0. The van der Waals surface area contributed by atoms with Gasteiger partial charge in [0, 0.05) is 5.56 Å². The van der Waals surface area contributed by atoms with Gasteiger partial charge in [-0.2, -0.15) is 0 Å². The van der Waals surface area contributed by atoms with E-state index in [1.165, 1.54) is 24.3 Å². The molecule has 0 amide bonds. The molecule has 0 unspecified atom stereocenters. The van der Waals surface area contributed by atoms with Crippen LogP contribution in [0.1, 0.15) is 10.4 Å². The molecule has 0 aromatic heterocycles. The first-order chi connectivity index (χ1) is 8.08. The van der Waals surface area contributed by atoms with E-state index in [0.29, 0.717) is 0 Å². The fraction of sp³-hybridized carbons (Fsp3) is 0. The van der Waals surface area contributed by atoms with Gasteiger partial charge in [-0.1, -0.05) is 35.9 Å². The van der Waals surface area contributed by atoms with Crippen molar-refractivity contribution in [3.63, 3.8) is 0 Å². The quantitative estimate of drug-likeness (QED) is 0.820. The van der Waals surface area contributed by atoms with Gasteiger partial charge in [0.15, 0.2) is 0 Å². The van der Waals surface area contributed by atoms with Crippen molar-refractivity contribution in [1.29, 1.82) is 0 Å². The number of benzene rings is 2. The normalized spacial score (nSPS) is 10.2. The second kappa shape index (κ2) is 4.55. The topological polar surface area (TPSA) is 40.1 Å². The van der Waals surface area contributed by atoms with Gasteiger partial charge in [-0.25, -0.2) is 4.39 Å². The highest BCUT2D eigenvalue weighted by Gasteiger charge is 2.04. The molecule has 0 fully saturated rings. The van der Waals surface area contributed by atoms with Crippen LogP contribution in [0, 0.1) is 5.82 Å². The number of hydrogen-bond acceptors (Lipinski definition) is 2. The highest BCUT2D eigenvalue weighted by molar-refractivity contribution is 6.33. The number of hydrogen-bond donors (Lipinski definition) is 0. The van der Waals surface area contributed by atoms with Crippen LogP contribution in [0.5, 0.6) is 0 Å². The summed E-state index contributed by atoms with van der Waals surface area (Å²) in [6, 6.07) is 10.3. The number of carbonyl (C=O) groups is 1. The largest absolute Gasteiger partial charge is 0.545 e. The third-order valence-corrected chi connectivity index (χ3v) is 2.68. The molecule has 2 nitrogen and oxygen atoms in total. The molecule has 0 radical (unpaired) electrons. The van der Waals surface area contributed by atoms with E-state index in [0.717, 1.165) is 11.1 Å². The van der Waals surface area contributed by atoms with Gasteiger partial charge in [0.25, 0.3) is 0 Å². The standard InChI is InChI=1S/C13H8ClFO2/c14-12-7-9(3-6-11(12)13(16)17)8-1-4-10(15)5-2-8/h1-7H,(H,16,17)/p-1. The Morgan fingerprint density at radius 3 is 2.18 bits per heavy atom. The highest BCUT2D eigenvalue weighted by Crippen LogP contribution is 2.25. The van der Waals surface area contributed by atoms with Crippen LogP contribution in [0.15, 0.2) is 42.5 Å². The van der Waals surface area contributed by atoms with Gasteiger partial charge >= 0.3 is 0 Å². The van der Waals surface area contributed by atoms with E-state index in [-0.39, 0.29) is 16.4 Å². The number of rotatable bonds is 2. The van der Waals surface area contributed by atoms with E-state index in [2.05, 4.69) is 0 Å². The minimum absolute atomic E-state index is 0.0578. The Hall–Kier alpha value is -1.87. The molecule has 0 N–H and O–H groups in total. The first kappa shape index (κ1) is 11.6. The molecule has 0 aliphatic carbocycles. The molecule has 0 aliphatic rings. The zero-order valence-corrected chi connectivity index (χ0v) is 9.37. The molecule has 0 spiro atoms. The molecule has 0 heterocycles. The van der Waals surface area contributed by atoms with Crippen molar-refractivity contribution in [1.82, 2.24) is 0 Å². The average molecular weight is 250 g/mol. The summed E-state index contributed by atoms with van der Waals surface area (Å²) < 4.78 is 12.7. The predicted octanol–water partition coefficient (Wildman–Crippen LogP) is 2.51. The fourth-order valence-electron chi connectivity index (χ4n) is 1.50. The van der Waals surface area contributed by atoms with Gasteiger partial charge in [0.2, 0.25) is 0 Å². The Morgan fingerprint density at radius 2 is 1.65 bits per heavy atom. The van der Waals surface area contributed by atoms with Crippen LogP contribution in [-0.2, 0) is 0 Å². The minimum Gasteiger partial charge on any atom is -0.545 e. The van der Waals surface area contributed by atoms with Crippen LogP contribution in [0.3, 0.4) is 0 Å². The van der Waals surface area contributed by atoms with Crippen molar-refractivity contribution in [3.8, 4) is 11.1 Å². The van der Waals surface area contributed by atoms with Crippen molar-refractivity contribution >= 4 is 17.6 Å². The van der Waals surface area contributed by atoms with Gasteiger partial charge < -0.3 is 9.90 Å². The van der Waals surface area contributed by atoms with E-state index in [4.69, 9.17) is 11.6 Å². The SMILES string of the molecule is O=C([O-])c1ccc(-c2ccc(F)cc2)cc1Cl. The summed E-state index contributed by atoms with van der Waals surface area (Å²) in [5.41, 5.74) is 1.43. The number of aromatic carboxylic acids is 1. The van der Waals surface area contributed by atoms with Crippen molar-refractivity contribution in [2.75, 3.05) is 0 Å². The molecule has 0 saturated heterocycles. The Balaban J connectivity index is 2.44. The van der Waals surface area contributed by atoms with Crippen molar-refractivity contribution in [2.45, 2.75) is 0 Å². The third kappa shape index (κ3) is 2.45. The lowest BCUT2D eigenvalue weighted by Gasteiger charge is -2.08. The molecule has 2 aromatic rings. The average Bonchev–Trinajstić information content (AvgIpc) is 2.29. The fourth-order valence-corrected chi connectivity index (χ4v) is 1.76. The predicted molar refractivity (Wildman–Crippen MR) is 61.2 cm³/mol. The van der Waals surface area contributed by atoms with Crippen molar-refractivity contribution < 1.29 is 14.3 Å². The molecule has 0 saturated carbocycles. The molecule has 2 aromatic carbocycles. The van der Waals surface area contributed by atoms with E-state index in [1.54, 1.807) is 18.2 Å². The summed E-state index contributed by atoms with van der Waals surface area (Å²) in [6.07, 6.45) is 0. The third-order valence-electron chi connectivity index (χ3n) is 2.37. The highest BCUT2D eigenvalue weighted by atomic mass is 35.5. The summed E-state index contributed by atoms with van der Waals surface area (Å²) in [7, 11) is 0. The van der Waals surface area contributed by atoms with Crippen LogP contribution < -0.4 is 5.11 Å². The minimum atomic E-state index is -1.32. The Bertz CT molecular complexity index is 564. The smallest absolute Gasteiger partial charge is 0.123 e. The lowest BCUT2D eigenvalue weighted by atomic mass is 10.0. The summed E-state index contributed by atoms with van der Waals surface area (Å²) in [5.74, 6) is -1.65. The first-order valence-corrected chi connectivity index (χ1v) is 5.22. The van der Waals surface area contributed by atoms with Gasteiger partial charge in [0.05, 0.1) is 11.0 Å². The molecule has 0 aliphatic heterocycles. The number of halogens is 2. The molecule has 86 valence electrons. The number of carbonyl (C=O) groups excluding carboxylic acids is 1. The van der Waals surface area contributed by atoms with E-state index in [1.807, 2.05) is 0 Å². The first-order valence-electron chi connectivity index (χ1n) is 4.85. The van der Waals surface area contributed by atoms with Crippen LogP contribution in [0.4, 0.5) is 4.39 Å². The van der Waals surface area contributed by atoms with E-state index >= 15 is 0 Å². The Morgan fingerprint density at radius 1 is 1.06 bits per heavy atom. The maximum Gasteiger partial charge on any atom is 0.123 e. The van der Waals surface area contributed by atoms with Crippen molar-refractivity contribution in [3.05, 3.63) is 58.9 Å². The van der Waals surface area contributed by atoms with Gasteiger partial charge in [-0.15, -0.1) is 0 Å². The number of carboxylic acid groups (broad SMARTS) is 1. The summed E-state index contributed by atoms with van der Waals surface area (Å²) >= 11 is 5.81. The second-order valence-corrected chi connectivity index (χ2v) is 3.90. The zero-order valence-electron chi connectivity index (χ0n) is 8.61. The lowest BCUT2D eigenvalue weighted by Crippen LogP contribution is -2.22. The van der Waals surface area contributed by atoms with E-state index in [9.17, 15) is 14.3 Å². The molecule has 2 rings (SSSR count). The van der Waals surface area contributed by atoms with Gasteiger partial charge in [0.1, 0.15) is 5.82 Å². The maximum absolute atomic E-state index is 12.7. The van der Waals surface area contributed by atoms with Crippen LogP contribution >= 0.6 is 11.6 Å². The Kier molecular flexibility index (Phi) is 3.11. The number of carboxylic acids is 1. The maximum atomic E-state index is 12.7. The monoisotopic (exact) mass is 249 g/mol.